The zero-order valence-electron chi connectivity index (χ0n) is 16.7. The SMILES string of the molecule is OC1C2=CCCC=C2C(c2ccccc2)(c2ccc(C(F)(F)F)cc2)c2ccccc21. The number of fused-ring (bicyclic) bond motifs is 2. The van der Waals surface area contributed by atoms with Gasteiger partial charge in [0.25, 0.3) is 0 Å². The third kappa shape index (κ3) is 2.97. The molecule has 2 aliphatic carbocycles. The van der Waals surface area contributed by atoms with Crippen molar-refractivity contribution >= 4 is 0 Å². The second kappa shape index (κ2) is 7.24. The lowest BCUT2D eigenvalue weighted by Gasteiger charge is -2.46. The van der Waals surface area contributed by atoms with Gasteiger partial charge in [-0.2, -0.15) is 13.2 Å². The summed E-state index contributed by atoms with van der Waals surface area (Å²) in [5.74, 6) is 0. The van der Waals surface area contributed by atoms with E-state index in [4.69, 9.17) is 0 Å². The molecule has 2 atom stereocenters. The highest BCUT2D eigenvalue weighted by molar-refractivity contribution is 5.70. The monoisotopic (exact) mass is 418 g/mol. The van der Waals surface area contributed by atoms with E-state index in [1.54, 1.807) is 12.1 Å². The van der Waals surface area contributed by atoms with Crippen LogP contribution in [0.2, 0.25) is 0 Å². The number of allylic oxidation sites excluding steroid dienone is 2. The van der Waals surface area contributed by atoms with Gasteiger partial charge in [-0.15, -0.1) is 0 Å². The van der Waals surface area contributed by atoms with E-state index in [-0.39, 0.29) is 0 Å². The molecule has 2 unspecified atom stereocenters. The third-order valence-electron chi connectivity index (χ3n) is 6.40. The maximum atomic E-state index is 13.3. The van der Waals surface area contributed by atoms with Gasteiger partial charge in [0, 0.05) is 0 Å². The molecule has 5 rings (SSSR count). The molecule has 0 saturated carbocycles. The van der Waals surface area contributed by atoms with Gasteiger partial charge in [-0.05, 0) is 58.4 Å². The van der Waals surface area contributed by atoms with Crippen molar-refractivity contribution < 1.29 is 18.3 Å². The minimum absolute atomic E-state index is 0.669. The summed E-state index contributed by atoms with van der Waals surface area (Å²) in [5.41, 5.74) is 3.74. The summed E-state index contributed by atoms with van der Waals surface area (Å²) in [5, 5.41) is 11.2. The van der Waals surface area contributed by atoms with Crippen LogP contribution in [0.1, 0.15) is 46.8 Å². The van der Waals surface area contributed by atoms with Gasteiger partial charge >= 0.3 is 6.18 Å². The molecule has 0 aromatic heterocycles. The highest BCUT2D eigenvalue weighted by Gasteiger charge is 2.48. The molecule has 1 N–H and O–H groups in total. The van der Waals surface area contributed by atoms with Crippen LogP contribution >= 0.6 is 0 Å². The molecule has 156 valence electrons. The Hall–Kier alpha value is -3.11. The number of halogens is 3. The van der Waals surface area contributed by atoms with Crippen molar-refractivity contribution in [3.8, 4) is 0 Å². The molecule has 1 nitrogen and oxygen atoms in total. The van der Waals surface area contributed by atoms with Gasteiger partial charge in [0.2, 0.25) is 0 Å². The number of aliphatic hydroxyl groups is 1. The number of rotatable bonds is 2. The highest BCUT2D eigenvalue weighted by atomic mass is 19.4. The molecule has 31 heavy (non-hydrogen) atoms. The maximum Gasteiger partial charge on any atom is 0.416 e. The first-order valence-electron chi connectivity index (χ1n) is 10.4. The fraction of sp³-hybridized carbons (Fsp3) is 0.185. The van der Waals surface area contributed by atoms with E-state index >= 15 is 0 Å². The smallest absolute Gasteiger partial charge is 0.384 e. The Morgan fingerprint density at radius 1 is 0.742 bits per heavy atom. The van der Waals surface area contributed by atoms with Crippen LogP contribution in [0.3, 0.4) is 0 Å². The van der Waals surface area contributed by atoms with Crippen LogP contribution in [-0.4, -0.2) is 5.11 Å². The number of aliphatic hydroxyl groups excluding tert-OH is 1. The average molecular weight is 418 g/mol. The molecular weight excluding hydrogens is 397 g/mol. The lowest BCUT2D eigenvalue weighted by molar-refractivity contribution is -0.137. The largest absolute Gasteiger partial charge is 0.416 e. The lowest BCUT2D eigenvalue weighted by atomic mass is 9.56. The molecule has 0 bridgehead atoms. The zero-order valence-corrected chi connectivity index (χ0v) is 16.7. The summed E-state index contributed by atoms with van der Waals surface area (Å²) < 4.78 is 39.9. The highest BCUT2D eigenvalue weighted by Crippen LogP contribution is 2.56. The topological polar surface area (TPSA) is 20.2 Å². The number of hydrogen-bond donors (Lipinski definition) is 1. The Labute approximate surface area is 179 Å². The standard InChI is InChI=1S/C27H21F3O/c28-27(29,30)20-16-14-19(15-17-20)26(18-8-2-1-3-9-18)23-12-6-4-10-21(23)25(31)22-11-5-7-13-24(22)26/h1-4,6,8-17,25,31H,5,7H2. The Morgan fingerprint density at radius 2 is 1.35 bits per heavy atom. The van der Waals surface area contributed by atoms with Crippen molar-refractivity contribution in [2.24, 2.45) is 0 Å². The average Bonchev–Trinajstić information content (AvgIpc) is 2.80. The summed E-state index contributed by atoms with van der Waals surface area (Å²) >= 11 is 0. The van der Waals surface area contributed by atoms with Gasteiger partial charge in [0.05, 0.1) is 11.0 Å². The molecule has 0 radical (unpaired) electrons. The summed E-state index contributed by atoms with van der Waals surface area (Å²) in [7, 11) is 0. The molecule has 0 amide bonds. The first kappa shape index (κ1) is 19.8. The van der Waals surface area contributed by atoms with Crippen molar-refractivity contribution in [2.45, 2.75) is 30.5 Å². The van der Waals surface area contributed by atoms with E-state index in [1.165, 1.54) is 0 Å². The second-order valence-electron chi connectivity index (χ2n) is 8.04. The van der Waals surface area contributed by atoms with Crippen LogP contribution in [0.25, 0.3) is 0 Å². The first-order valence-corrected chi connectivity index (χ1v) is 10.4. The van der Waals surface area contributed by atoms with E-state index in [0.29, 0.717) is 0 Å². The number of benzene rings is 3. The van der Waals surface area contributed by atoms with Gasteiger partial charge in [-0.1, -0.05) is 78.9 Å². The van der Waals surface area contributed by atoms with E-state index < -0.39 is 23.3 Å². The van der Waals surface area contributed by atoms with Gasteiger partial charge in [0.1, 0.15) is 6.10 Å². The fourth-order valence-electron chi connectivity index (χ4n) is 5.10. The molecule has 3 aromatic rings. The minimum atomic E-state index is -4.39. The molecule has 2 aliphatic rings. The van der Waals surface area contributed by atoms with Crippen LogP contribution in [-0.2, 0) is 11.6 Å². The summed E-state index contributed by atoms with van der Waals surface area (Å²) in [4.78, 5) is 0. The quantitative estimate of drug-likeness (QED) is 0.489. The Kier molecular flexibility index (Phi) is 4.63. The van der Waals surface area contributed by atoms with Crippen molar-refractivity contribution in [2.75, 3.05) is 0 Å². The van der Waals surface area contributed by atoms with Crippen molar-refractivity contribution in [1.29, 1.82) is 0 Å². The molecule has 0 saturated heterocycles. The number of hydrogen-bond acceptors (Lipinski definition) is 1. The Bertz CT molecular complexity index is 1170. The van der Waals surface area contributed by atoms with Crippen LogP contribution in [0, 0.1) is 0 Å². The first-order chi connectivity index (χ1) is 14.9. The Morgan fingerprint density at radius 3 is 2.06 bits per heavy atom. The lowest BCUT2D eigenvalue weighted by Crippen LogP contribution is -2.39. The second-order valence-corrected chi connectivity index (χ2v) is 8.04. The van der Waals surface area contributed by atoms with E-state index in [9.17, 15) is 18.3 Å². The van der Waals surface area contributed by atoms with Gasteiger partial charge in [-0.25, -0.2) is 0 Å². The summed E-state index contributed by atoms with van der Waals surface area (Å²) in [6.45, 7) is 0. The van der Waals surface area contributed by atoms with Crippen LogP contribution in [0.5, 0.6) is 0 Å². The minimum Gasteiger partial charge on any atom is -0.384 e. The summed E-state index contributed by atoms with van der Waals surface area (Å²) in [6.07, 6.45) is 0.707. The van der Waals surface area contributed by atoms with Gasteiger partial charge in [0.15, 0.2) is 0 Å². The molecule has 0 heterocycles. The Balaban J connectivity index is 1.88. The summed E-state index contributed by atoms with van der Waals surface area (Å²) in [6, 6.07) is 23.0. The van der Waals surface area contributed by atoms with Crippen LogP contribution < -0.4 is 0 Å². The fourth-order valence-corrected chi connectivity index (χ4v) is 5.10. The third-order valence-corrected chi connectivity index (χ3v) is 6.40. The van der Waals surface area contributed by atoms with E-state index in [0.717, 1.165) is 58.4 Å². The van der Waals surface area contributed by atoms with Crippen LogP contribution in [0.4, 0.5) is 13.2 Å². The van der Waals surface area contributed by atoms with Gasteiger partial charge < -0.3 is 5.11 Å². The molecule has 0 spiro atoms. The maximum absolute atomic E-state index is 13.3. The predicted molar refractivity (Wildman–Crippen MR) is 115 cm³/mol. The van der Waals surface area contributed by atoms with Crippen molar-refractivity contribution in [1.82, 2.24) is 0 Å². The van der Waals surface area contributed by atoms with Gasteiger partial charge in [-0.3, -0.25) is 0 Å². The van der Waals surface area contributed by atoms with E-state index in [1.807, 2.05) is 54.6 Å². The molecular formula is C27H21F3O. The number of alkyl halides is 3. The molecule has 0 fully saturated rings. The van der Waals surface area contributed by atoms with Crippen molar-refractivity contribution in [3.63, 3.8) is 0 Å². The normalized spacial score (nSPS) is 22.8. The van der Waals surface area contributed by atoms with Crippen molar-refractivity contribution in [3.05, 3.63) is 130 Å². The predicted octanol–water partition coefficient (Wildman–Crippen LogP) is 6.73. The van der Waals surface area contributed by atoms with E-state index in [2.05, 4.69) is 12.2 Å². The zero-order chi connectivity index (χ0) is 21.6. The molecule has 4 heteroatoms. The van der Waals surface area contributed by atoms with Crippen LogP contribution in [0.15, 0.2) is 102 Å². The molecule has 3 aromatic carbocycles. The molecule has 0 aliphatic heterocycles.